The van der Waals surface area contributed by atoms with E-state index < -0.39 is 12.2 Å². The summed E-state index contributed by atoms with van der Waals surface area (Å²) >= 11 is 0. The van der Waals surface area contributed by atoms with Gasteiger partial charge in [0.25, 0.3) is 0 Å². The topological polar surface area (TPSA) is 95.7 Å². The third-order valence-electron chi connectivity index (χ3n) is 1.98. The minimum atomic E-state index is -0.660. The molecule has 0 aliphatic heterocycles. The first-order valence-electron chi connectivity index (χ1n) is 3.15. The fourth-order valence-corrected chi connectivity index (χ4v) is 1.19. The summed E-state index contributed by atoms with van der Waals surface area (Å²) in [5.41, 5.74) is 7.41. The molecular formula is C5H14Cl2N2O2. The summed E-state index contributed by atoms with van der Waals surface area (Å²) in [4.78, 5) is 0. The van der Waals surface area contributed by atoms with Gasteiger partial charge < -0.3 is 46.5 Å². The number of hydrogen-bond donors (Lipinski definition) is 4. The van der Waals surface area contributed by atoms with Gasteiger partial charge in [-0.2, -0.15) is 0 Å². The fourth-order valence-electron chi connectivity index (χ4n) is 1.19. The van der Waals surface area contributed by atoms with Gasteiger partial charge in [0.15, 0.2) is 6.04 Å². The van der Waals surface area contributed by atoms with Crippen molar-refractivity contribution in [3.05, 3.63) is 0 Å². The normalized spacial score (nSPS) is 42.5. The predicted molar refractivity (Wildman–Crippen MR) is 30.0 cm³/mol. The van der Waals surface area contributed by atoms with Gasteiger partial charge in [-0.3, -0.25) is 0 Å². The van der Waals surface area contributed by atoms with Crippen molar-refractivity contribution in [1.29, 1.82) is 0 Å². The Hall–Kier alpha value is 0.420. The highest BCUT2D eigenvalue weighted by molar-refractivity contribution is 4.88. The Morgan fingerprint density at radius 2 is 1.55 bits per heavy atom. The Morgan fingerprint density at radius 3 is 1.64 bits per heavy atom. The van der Waals surface area contributed by atoms with Crippen molar-refractivity contribution >= 4 is 0 Å². The first kappa shape index (κ1) is 14.0. The van der Waals surface area contributed by atoms with Crippen LogP contribution in [0.1, 0.15) is 6.42 Å². The van der Waals surface area contributed by atoms with E-state index in [2.05, 4.69) is 11.5 Å². The Bertz CT molecular complexity index is 105. The molecule has 70 valence electrons. The second-order valence-corrected chi connectivity index (χ2v) is 2.72. The van der Waals surface area contributed by atoms with E-state index in [1.165, 1.54) is 0 Å². The average molecular weight is 205 g/mol. The summed E-state index contributed by atoms with van der Waals surface area (Å²) in [5, 5.41) is 18.1. The lowest BCUT2D eigenvalue weighted by atomic mass is 10.2. The molecule has 1 aliphatic carbocycles. The Labute approximate surface area is 77.8 Å². The maximum Gasteiger partial charge on any atom is 0.165 e. The average Bonchev–Trinajstić information content (AvgIpc) is 1.98. The van der Waals surface area contributed by atoms with Crippen molar-refractivity contribution in [3.63, 3.8) is 0 Å². The molecule has 0 spiro atoms. The molecule has 1 rings (SSSR count). The summed E-state index contributed by atoms with van der Waals surface area (Å²) in [6, 6.07) is 0.00926. The molecule has 11 heavy (non-hydrogen) atoms. The minimum absolute atomic E-state index is 0. The van der Waals surface area contributed by atoms with Crippen LogP contribution in [0.3, 0.4) is 0 Å². The maximum absolute atomic E-state index is 9.08. The van der Waals surface area contributed by atoms with E-state index in [1.54, 1.807) is 0 Å². The zero-order valence-corrected chi connectivity index (χ0v) is 7.59. The highest BCUT2D eigenvalue weighted by atomic mass is 35.5. The summed E-state index contributed by atoms with van der Waals surface area (Å²) in [7, 11) is 0. The van der Waals surface area contributed by atoms with Gasteiger partial charge in [0.05, 0.1) is 6.10 Å². The number of aliphatic hydroxyl groups excluding tert-OH is 2. The second kappa shape index (κ2) is 5.13. The minimum Gasteiger partial charge on any atom is -1.00 e. The lowest BCUT2D eigenvalue weighted by molar-refractivity contribution is -0.528. The van der Waals surface area contributed by atoms with Crippen LogP contribution in [0.2, 0.25) is 0 Å². The number of quaternary nitrogens is 2. The van der Waals surface area contributed by atoms with E-state index in [4.69, 9.17) is 10.2 Å². The SMILES string of the molecule is [Cl-].[Cl-].[NH3+][C@H]1[C@@H](O)[C@H](O)C[C@@H]1[NH3+]. The van der Waals surface area contributed by atoms with Crippen molar-refractivity contribution < 1.29 is 46.5 Å². The van der Waals surface area contributed by atoms with Crippen LogP contribution in [0.15, 0.2) is 0 Å². The Morgan fingerprint density at radius 1 is 1.09 bits per heavy atom. The Kier molecular flexibility index (Phi) is 6.52. The molecule has 0 amide bonds. The lowest BCUT2D eigenvalue weighted by Gasteiger charge is -2.07. The van der Waals surface area contributed by atoms with Gasteiger partial charge >= 0.3 is 0 Å². The molecule has 0 heterocycles. The first-order chi connectivity index (χ1) is 4.13. The molecule has 0 saturated heterocycles. The zero-order chi connectivity index (χ0) is 7.02. The van der Waals surface area contributed by atoms with E-state index in [0.29, 0.717) is 6.42 Å². The molecule has 1 aliphatic rings. The third-order valence-corrected chi connectivity index (χ3v) is 1.98. The van der Waals surface area contributed by atoms with E-state index in [0.717, 1.165) is 0 Å². The highest BCUT2D eigenvalue weighted by Crippen LogP contribution is 2.14. The standard InChI is InChI=1S/C5H12N2O2.2ClH/c6-2-1-3(8)5(9)4(2)7;;/h2-5,8-9H,1,6-7H2;2*1H/t2-,3+,4+,5-;;/m0../s1. The van der Waals surface area contributed by atoms with Gasteiger partial charge in [0.1, 0.15) is 12.1 Å². The van der Waals surface area contributed by atoms with Crippen molar-refractivity contribution in [3.8, 4) is 0 Å². The van der Waals surface area contributed by atoms with Crippen LogP contribution in [0.4, 0.5) is 0 Å². The van der Waals surface area contributed by atoms with Gasteiger partial charge in [0.2, 0.25) is 0 Å². The summed E-state index contributed by atoms with van der Waals surface area (Å²) in [6.45, 7) is 0. The van der Waals surface area contributed by atoms with Crippen LogP contribution in [0.5, 0.6) is 0 Å². The van der Waals surface area contributed by atoms with Crippen LogP contribution in [0, 0.1) is 0 Å². The van der Waals surface area contributed by atoms with Gasteiger partial charge in [-0.05, 0) is 0 Å². The lowest BCUT2D eigenvalue weighted by Crippen LogP contribution is -3.00. The molecule has 0 aromatic carbocycles. The van der Waals surface area contributed by atoms with Gasteiger partial charge in [-0.15, -0.1) is 0 Å². The van der Waals surface area contributed by atoms with E-state index in [-0.39, 0.29) is 36.9 Å². The molecule has 4 nitrogen and oxygen atoms in total. The van der Waals surface area contributed by atoms with Crippen LogP contribution in [-0.4, -0.2) is 34.5 Å². The largest absolute Gasteiger partial charge is 1.00 e. The molecular weight excluding hydrogens is 191 g/mol. The van der Waals surface area contributed by atoms with Crippen molar-refractivity contribution in [2.24, 2.45) is 0 Å². The maximum atomic E-state index is 9.08. The molecule has 0 aromatic rings. The van der Waals surface area contributed by atoms with Crippen molar-refractivity contribution in [1.82, 2.24) is 0 Å². The predicted octanol–water partition coefficient (Wildman–Crippen LogP) is -9.66. The number of hydrogen-bond acceptors (Lipinski definition) is 2. The molecule has 0 aromatic heterocycles. The summed E-state index contributed by atoms with van der Waals surface area (Å²) in [6.07, 6.45) is -0.683. The number of halogens is 2. The van der Waals surface area contributed by atoms with Crippen LogP contribution in [-0.2, 0) is 0 Å². The highest BCUT2D eigenvalue weighted by Gasteiger charge is 2.42. The molecule has 0 radical (unpaired) electrons. The fraction of sp³-hybridized carbons (Fsp3) is 1.00. The van der Waals surface area contributed by atoms with Crippen LogP contribution in [0.25, 0.3) is 0 Å². The molecule has 4 atom stereocenters. The van der Waals surface area contributed by atoms with E-state index in [9.17, 15) is 0 Å². The van der Waals surface area contributed by atoms with Gasteiger partial charge in [-0.25, -0.2) is 0 Å². The molecule has 0 unspecified atom stereocenters. The number of rotatable bonds is 0. The molecule has 1 fully saturated rings. The summed E-state index contributed by atoms with van der Waals surface area (Å²) < 4.78 is 0. The van der Waals surface area contributed by atoms with Crippen molar-refractivity contribution in [2.45, 2.75) is 30.7 Å². The molecule has 6 heteroatoms. The zero-order valence-electron chi connectivity index (χ0n) is 6.08. The Balaban J connectivity index is 0. The second-order valence-electron chi connectivity index (χ2n) is 2.72. The van der Waals surface area contributed by atoms with Crippen molar-refractivity contribution in [2.75, 3.05) is 0 Å². The van der Waals surface area contributed by atoms with Gasteiger partial charge in [0, 0.05) is 6.42 Å². The van der Waals surface area contributed by atoms with Crippen LogP contribution >= 0.6 is 0 Å². The molecule has 0 bridgehead atoms. The monoisotopic (exact) mass is 204 g/mol. The molecule has 8 N–H and O–H groups in total. The van der Waals surface area contributed by atoms with Crippen LogP contribution < -0.4 is 36.3 Å². The first-order valence-corrected chi connectivity index (χ1v) is 3.15. The third kappa shape index (κ3) is 2.74. The number of aliphatic hydroxyl groups is 2. The van der Waals surface area contributed by atoms with Gasteiger partial charge in [-0.1, -0.05) is 0 Å². The van der Waals surface area contributed by atoms with E-state index in [1.807, 2.05) is 0 Å². The smallest absolute Gasteiger partial charge is 0.165 e. The van der Waals surface area contributed by atoms with E-state index >= 15 is 0 Å². The molecule has 1 saturated carbocycles. The quantitative estimate of drug-likeness (QED) is 0.316. The summed E-state index contributed by atoms with van der Waals surface area (Å²) in [5.74, 6) is 0.